The molecule has 0 saturated heterocycles. The number of hydrogen-bond donors (Lipinski definition) is 4. The number of aliphatic hydroxyl groups excluding tert-OH is 1. The Labute approximate surface area is 199 Å². The van der Waals surface area contributed by atoms with Crippen molar-refractivity contribution in [2.24, 2.45) is 0 Å². The molecular formula is C25H33N3O6. The fourth-order valence-electron chi connectivity index (χ4n) is 3.01. The smallest absolute Gasteiger partial charge is 0.328 e. The van der Waals surface area contributed by atoms with E-state index in [9.17, 15) is 19.5 Å². The van der Waals surface area contributed by atoms with Crippen LogP contribution in [0.5, 0.6) is 5.75 Å². The number of methoxy groups -OCH3 is 1. The van der Waals surface area contributed by atoms with E-state index in [-0.39, 0.29) is 25.4 Å². The molecule has 0 radical (unpaired) electrons. The molecule has 9 heteroatoms. The minimum absolute atomic E-state index is 0.00289. The van der Waals surface area contributed by atoms with Gasteiger partial charge in [0.2, 0.25) is 5.91 Å². The summed E-state index contributed by atoms with van der Waals surface area (Å²) in [5.41, 5.74) is 0.841. The molecule has 0 heterocycles. The van der Waals surface area contributed by atoms with Crippen LogP contribution >= 0.6 is 0 Å². The van der Waals surface area contributed by atoms with Gasteiger partial charge in [-0.05, 0) is 57.0 Å². The maximum atomic E-state index is 12.3. The number of esters is 1. The lowest BCUT2D eigenvalue weighted by Gasteiger charge is -2.23. The molecule has 1 unspecified atom stereocenters. The molecule has 0 aliphatic carbocycles. The van der Waals surface area contributed by atoms with Crippen molar-refractivity contribution in [3.63, 3.8) is 0 Å². The Bertz CT molecular complexity index is 941. The summed E-state index contributed by atoms with van der Waals surface area (Å²) in [6, 6.07) is 14.5. The Morgan fingerprint density at radius 3 is 2.24 bits per heavy atom. The normalized spacial score (nSPS) is 12.7. The summed E-state index contributed by atoms with van der Waals surface area (Å²) >= 11 is 0. The van der Waals surface area contributed by atoms with Gasteiger partial charge in [-0.15, -0.1) is 0 Å². The molecule has 2 atom stereocenters. The van der Waals surface area contributed by atoms with Gasteiger partial charge in [0.05, 0.1) is 7.11 Å². The lowest BCUT2D eigenvalue weighted by atomic mass is 10.1. The molecule has 3 amide bonds. The average Bonchev–Trinajstić information content (AvgIpc) is 2.80. The van der Waals surface area contributed by atoms with Gasteiger partial charge in [0.1, 0.15) is 24.5 Å². The van der Waals surface area contributed by atoms with E-state index >= 15 is 0 Å². The number of nitrogens with one attached hydrogen (secondary N) is 3. The Hall–Kier alpha value is -3.59. The Kier molecular flexibility index (Phi) is 9.88. The van der Waals surface area contributed by atoms with Gasteiger partial charge in [0, 0.05) is 17.6 Å². The van der Waals surface area contributed by atoms with Crippen LogP contribution in [0.15, 0.2) is 54.6 Å². The molecular weight excluding hydrogens is 438 g/mol. The number of benzene rings is 2. The molecule has 2 aromatic rings. The minimum atomic E-state index is -0.954. The van der Waals surface area contributed by atoms with E-state index in [0.717, 1.165) is 5.56 Å². The van der Waals surface area contributed by atoms with Gasteiger partial charge in [0.15, 0.2) is 0 Å². The first kappa shape index (κ1) is 26.7. The zero-order valence-electron chi connectivity index (χ0n) is 20.0. The summed E-state index contributed by atoms with van der Waals surface area (Å²) in [6.45, 7) is 5.54. The number of ether oxygens (including phenoxy) is 2. The van der Waals surface area contributed by atoms with Crippen molar-refractivity contribution in [1.29, 1.82) is 0 Å². The molecule has 184 valence electrons. The largest absolute Gasteiger partial charge is 0.491 e. The summed E-state index contributed by atoms with van der Waals surface area (Å²) in [4.78, 5) is 36.4. The second kappa shape index (κ2) is 12.6. The third kappa shape index (κ3) is 9.50. The van der Waals surface area contributed by atoms with Crippen LogP contribution in [0.2, 0.25) is 0 Å². The maximum absolute atomic E-state index is 12.3. The highest BCUT2D eigenvalue weighted by Gasteiger charge is 2.24. The quantitative estimate of drug-likeness (QED) is 0.395. The predicted octanol–water partition coefficient (Wildman–Crippen LogP) is 3.16. The van der Waals surface area contributed by atoms with Crippen LogP contribution < -0.4 is 20.7 Å². The van der Waals surface area contributed by atoms with Crippen LogP contribution in [0.3, 0.4) is 0 Å². The van der Waals surface area contributed by atoms with Gasteiger partial charge in [0.25, 0.3) is 0 Å². The molecule has 2 rings (SSSR count). The molecule has 9 nitrogen and oxygen atoms in total. The van der Waals surface area contributed by atoms with Crippen molar-refractivity contribution in [2.75, 3.05) is 19.0 Å². The lowest BCUT2D eigenvalue weighted by molar-refractivity contribution is -0.143. The van der Waals surface area contributed by atoms with Gasteiger partial charge in [-0.1, -0.05) is 30.3 Å². The summed E-state index contributed by atoms with van der Waals surface area (Å²) < 4.78 is 10.3. The SMILES string of the molecule is COC(=O)[C@H](CCC(=O)Nc1ccc(OCC(O)c2ccccc2)cc1)NC(=O)NC(C)(C)C. The highest BCUT2D eigenvalue weighted by molar-refractivity contribution is 5.91. The summed E-state index contributed by atoms with van der Waals surface area (Å²) in [6.07, 6.45) is -0.673. The number of urea groups is 1. The topological polar surface area (TPSA) is 126 Å². The Morgan fingerprint density at radius 1 is 1.00 bits per heavy atom. The molecule has 0 fully saturated rings. The first-order valence-electron chi connectivity index (χ1n) is 11.0. The van der Waals surface area contributed by atoms with Crippen molar-refractivity contribution in [2.45, 2.75) is 51.3 Å². The summed E-state index contributed by atoms with van der Waals surface area (Å²) in [5, 5.41) is 18.2. The van der Waals surface area contributed by atoms with E-state index in [4.69, 9.17) is 9.47 Å². The molecule has 34 heavy (non-hydrogen) atoms. The molecule has 0 saturated carbocycles. The van der Waals surface area contributed by atoms with Gasteiger partial charge in [-0.25, -0.2) is 9.59 Å². The van der Waals surface area contributed by atoms with Gasteiger partial charge >= 0.3 is 12.0 Å². The van der Waals surface area contributed by atoms with Crippen molar-refractivity contribution in [3.8, 4) is 5.75 Å². The number of carbonyl (C=O) groups excluding carboxylic acids is 3. The Morgan fingerprint density at radius 2 is 1.65 bits per heavy atom. The number of carbonyl (C=O) groups is 3. The molecule has 4 N–H and O–H groups in total. The van der Waals surface area contributed by atoms with E-state index in [2.05, 4.69) is 16.0 Å². The van der Waals surface area contributed by atoms with Gasteiger partial charge in [-0.3, -0.25) is 4.79 Å². The fourth-order valence-corrected chi connectivity index (χ4v) is 3.01. The number of aliphatic hydroxyl groups is 1. The van der Waals surface area contributed by atoms with Crippen LogP contribution in [0, 0.1) is 0 Å². The zero-order chi connectivity index (χ0) is 25.1. The second-order valence-corrected chi connectivity index (χ2v) is 8.77. The van der Waals surface area contributed by atoms with Crippen LogP contribution in [-0.2, 0) is 14.3 Å². The summed E-state index contributed by atoms with van der Waals surface area (Å²) in [7, 11) is 1.22. The number of anilines is 1. The Balaban J connectivity index is 1.82. The number of hydrogen-bond acceptors (Lipinski definition) is 6. The van der Waals surface area contributed by atoms with Crippen LogP contribution in [0.25, 0.3) is 0 Å². The highest BCUT2D eigenvalue weighted by atomic mass is 16.5. The summed E-state index contributed by atoms with van der Waals surface area (Å²) in [5.74, 6) is -0.399. The van der Waals surface area contributed by atoms with Gasteiger partial charge < -0.3 is 30.5 Å². The number of amides is 3. The van der Waals surface area contributed by atoms with Crippen molar-refractivity contribution in [3.05, 3.63) is 60.2 Å². The predicted molar refractivity (Wildman–Crippen MR) is 128 cm³/mol. The minimum Gasteiger partial charge on any atom is -0.491 e. The molecule has 2 aromatic carbocycles. The van der Waals surface area contributed by atoms with E-state index in [1.165, 1.54) is 7.11 Å². The zero-order valence-corrected chi connectivity index (χ0v) is 20.0. The molecule has 0 spiro atoms. The monoisotopic (exact) mass is 471 g/mol. The molecule has 0 bridgehead atoms. The van der Waals surface area contributed by atoms with E-state index in [0.29, 0.717) is 11.4 Å². The van der Waals surface area contributed by atoms with E-state index in [1.54, 1.807) is 24.3 Å². The van der Waals surface area contributed by atoms with E-state index < -0.39 is 29.7 Å². The standard InChI is InChI=1S/C25H33N3O6/c1-25(2,3)28-24(32)27-20(23(31)33-4)14-15-22(30)26-18-10-12-19(13-11-18)34-16-21(29)17-8-6-5-7-9-17/h5-13,20-21,29H,14-16H2,1-4H3,(H,26,30)(H2,27,28,32)/t20-,21?/m0/s1. The third-order valence-corrected chi connectivity index (χ3v) is 4.67. The average molecular weight is 472 g/mol. The fraction of sp³-hybridized carbons (Fsp3) is 0.400. The second-order valence-electron chi connectivity index (χ2n) is 8.77. The maximum Gasteiger partial charge on any atom is 0.328 e. The van der Waals surface area contributed by atoms with E-state index in [1.807, 2.05) is 51.1 Å². The van der Waals surface area contributed by atoms with Gasteiger partial charge in [-0.2, -0.15) is 0 Å². The van der Waals surface area contributed by atoms with Crippen molar-refractivity contribution < 1.29 is 29.0 Å². The lowest BCUT2D eigenvalue weighted by Crippen LogP contribution is -2.52. The third-order valence-electron chi connectivity index (χ3n) is 4.67. The molecule has 0 aliphatic heterocycles. The van der Waals surface area contributed by atoms with Crippen molar-refractivity contribution in [1.82, 2.24) is 10.6 Å². The van der Waals surface area contributed by atoms with Crippen LogP contribution in [0.4, 0.5) is 10.5 Å². The van der Waals surface area contributed by atoms with Crippen molar-refractivity contribution >= 4 is 23.6 Å². The highest BCUT2D eigenvalue weighted by Crippen LogP contribution is 2.19. The van der Waals surface area contributed by atoms with Crippen LogP contribution in [0.1, 0.15) is 45.3 Å². The first-order chi connectivity index (χ1) is 16.1. The number of rotatable bonds is 10. The molecule has 0 aliphatic rings. The molecule has 0 aromatic heterocycles. The first-order valence-corrected chi connectivity index (χ1v) is 11.0. The van der Waals surface area contributed by atoms with Crippen LogP contribution in [-0.4, -0.2) is 48.3 Å².